The highest BCUT2D eigenvalue weighted by Crippen LogP contribution is 2.38. The van der Waals surface area contributed by atoms with E-state index in [4.69, 9.17) is 4.43 Å². The molecular formula is C14H28O3Si. The molecule has 0 radical (unpaired) electrons. The fraction of sp³-hybridized carbons (Fsp3) is 0.929. The smallest absolute Gasteiger partial charge is 0.192 e. The summed E-state index contributed by atoms with van der Waals surface area (Å²) in [5, 5.41) is 10.2. The van der Waals surface area contributed by atoms with Gasteiger partial charge in [0.15, 0.2) is 14.1 Å². The molecule has 0 saturated heterocycles. The van der Waals surface area contributed by atoms with Crippen molar-refractivity contribution in [3.05, 3.63) is 0 Å². The zero-order valence-corrected chi connectivity index (χ0v) is 13.5. The standard InChI is InChI=1S/C14H28O3Si/c1-14(2,3)18(4,5)17-12-10-8-6-7-9-11(15)13(12)16/h12-13,16H,6-10H2,1-5H3/t12-,13-/m0/s1. The van der Waals surface area contributed by atoms with Crippen molar-refractivity contribution in [2.75, 3.05) is 0 Å². The van der Waals surface area contributed by atoms with Crippen molar-refractivity contribution in [2.24, 2.45) is 0 Å². The van der Waals surface area contributed by atoms with Crippen LogP contribution in [0.15, 0.2) is 0 Å². The van der Waals surface area contributed by atoms with Gasteiger partial charge in [-0.25, -0.2) is 0 Å². The maximum Gasteiger partial charge on any atom is 0.192 e. The fourth-order valence-corrected chi connectivity index (χ4v) is 3.37. The van der Waals surface area contributed by atoms with Gasteiger partial charge in [0.25, 0.3) is 0 Å². The van der Waals surface area contributed by atoms with Crippen LogP contribution < -0.4 is 0 Å². The largest absolute Gasteiger partial charge is 0.411 e. The lowest BCUT2D eigenvalue weighted by Crippen LogP contribution is -2.49. The lowest BCUT2D eigenvalue weighted by Gasteiger charge is -2.40. The molecule has 0 unspecified atom stereocenters. The number of rotatable bonds is 2. The van der Waals surface area contributed by atoms with E-state index in [2.05, 4.69) is 33.9 Å². The lowest BCUT2D eigenvalue weighted by atomic mass is 9.95. The summed E-state index contributed by atoms with van der Waals surface area (Å²) >= 11 is 0. The van der Waals surface area contributed by atoms with Crippen molar-refractivity contribution in [2.45, 2.75) is 83.2 Å². The van der Waals surface area contributed by atoms with E-state index in [0.717, 1.165) is 25.7 Å². The van der Waals surface area contributed by atoms with Gasteiger partial charge >= 0.3 is 0 Å². The fourth-order valence-electron chi connectivity index (χ4n) is 2.01. The first-order chi connectivity index (χ1) is 8.15. The van der Waals surface area contributed by atoms with Crippen LogP contribution >= 0.6 is 0 Å². The van der Waals surface area contributed by atoms with Crippen LogP contribution in [0, 0.1) is 0 Å². The Morgan fingerprint density at radius 3 is 2.39 bits per heavy atom. The highest BCUT2D eigenvalue weighted by molar-refractivity contribution is 6.74. The third kappa shape index (κ3) is 3.90. The van der Waals surface area contributed by atoms with Crippen molar-refractivity contribution < 1.29 is 14.3 Å². The molecule has 0 bridgehead atoms. The average Bonchev–Trinajstić information content (AvgIpc) is 2.22. The Labute approximate surface area is 112 Å². The molecule has 0 aliphatic heterocycles. The molecule has 4 heteroatoms. The second kappa shape index (κ2) is 5.84. The first-order valence-corrected chi connectivity index (χ1v) is 9.94. The molecule has 1 aliphatic rings. The van der Waals surface area contributed by atoms with Gasteiger partial charge in [-0.3, -0.25) is 4.79 Å². The summed E-state index contributed by atoms with van der Waals surface area (Å²) in [7, 11) is -1.91. The number of aliphatic hydroxyl groups excluding tert-OH is 1. The monoisotopic (exact) mass is 272 g/mol. The summed E-state index contributed by atoms with van der Waals surface area (Å²) in [4.78, 5) is 11.8. The average molecular weight is 272 g/mol. The number of Topliss-reactive ketones (excluding diaryl/α,β-unsaturated/α-hetero) is 1. The van der Waals surface area contributed by atoms with E-state index in [9.17, 15) is 9.90 Å². The first-order valence-electron chi connectivity index (χ1n) is 7.04. The quantitative estimate of drug-likeness (QED) is 0.785. The van der Waals surface area contributed by atoms with Gasteiger partial charge < -0.3 is 9.53 Å². The predicted octanol–water partition coefficient (Wildman–Crippen LogP) is 3.27. The minimum Gasteiger partial charge on any atom is -0.411 e. The van der Waals surface area contributed by atoms with Crippen molar-refractivity contribution in [3.63, 3.8) is 0 Å². The van der Waals surface area contributed by atoms with E-state index in [1.807, 2.05) is 0 Å². The molecule has 1 fully saturated rings. The summed E-state index contributed by atoms with van der Waals surface area (Å²) in [5.41, 5.74) is 0. The van der Waals surface area contributed by atoms with Crippen LogP contribution in [0.25, 0.3) is 0 Å². The summed E-state index contributed by atoms with van der Waals surface area (Å²) < 4.78 is 6.23. The Morgan fingerprint density at radius 2 is 1.83 bits per heavy atom. The summed E-state index contributed by atoms with van der Waals surface area (Å²) in [6.45, 7) is 10.9. The molecule has 0 aromatic carbocycles. The van der Waals surface area contributed by atoms with Gasteiger partial charge in [0.05, 0.1) is 6.10 Å². The van der Waals surface area contributed by atoms with Crippen LogP contribution in [0.3, 0.4) is 0 Å². The minimum absolute atomic E-state index is 0.0431. The van der Waals surface area contributed by atoms with Gasteiger partial charge in [-0.1, -0.05) is 33.6 Å². The molecule has 0 amide bonds. The number of hydrogen-bond acceptors (Lipinski definition) is 3. The van der Waals surface area contributed by atoms with Gasteiger partial charge in [-0.2, -0.15) is 0 Å². The molecule has 0 aromatic heterocycles. The molecule has 18 heavy (non-hydrogen) atoms. The van der Waals surface area contributed by atoms with Crippen LogP contribution in [0.2, 0.25) is 18.1 Å². The minimum atomic E-state index is -1.91. The molecular weight excluding hydrogens is 244 g/mol. The van der Waals surface area contributed by atoms with Gasteiger partial charge in [-0.05, 0) is 31.0 Å². The molecule has 1 saturated carbocycles. The number of carbonyl (C=O) groups excluding carboxylic acids is 1. The Hall–Kier alpha value is -0.193. The van der Waals surface area contributed by atoms with Crippen molar-refractivity contribution >= 4 is 14.1 Å². The molecule has 1 N–H and O–H groups in total. The van der Waals surface area contributed by atoms with Crippen LogP contribution in [0.5, 0.6) is 0 Å². The molecule has 106 valence electrons. The maximum absolute atomic E-state index is 11.8. The summed E-state index contributed by atoms with van der Waals surface area (Å²) in [5.74, 6) is -0.0431. The predicted molar refractivity (Wildman–Crippen MR) is 76.2 cm³/mol. The summed E-state index contributed by atoms with van der Waals surface area (Å²) in [6, 6.07) is 0. The zero-order chi connectivity index (χ0) is 14.0. The number of carbonyl (C=O) groups is 1. The Bertz CT molecular complexity index is 294. The molecule has 1 rings (SSSR count). The SMILES string of the molecule is CC(C)(C)[Si](C)(C)O[C@H]1CCCCCC(=O)[C@@H]1O. The van der Waals surface area contributed by atoms with E-state index >= 15 is 0 Å². The van der Waals surface area contributed by atoms with E-state index in [1.54, 1.807) is 0 Å². The molecule has 1 aliphatic carbocycles. The Kier molecular flexibility index (Phi) is 5.15. The summed E-state index contributed by atoms with van der Waals surface area (Å²) in [6.07, 6.45) is 3.11. The second-order valence-electron chi connectivity index (χ2n) is 6.93. The van der Waals surface area contributed by atoms with Gasteiger partial charge in [0.1, 0.15) is 6.10 Å². The maximum atomic E-state index is 11.8. The topological polar surface area (TPSA) is 46.5 Å². The Morgan fingerprint density at radius 1 is 1.22 bits per heavy atom. The van der Waals surface area contributed by atoms with Gasteiger partial charge in [-0.15, -0.1) is 0 Å². The van der Waals surface area contributed by atoms with E-state index in [1.165, 1.54) is 0 Å². The van der Waals surface area contributed by atoms with Crippen LogP contribution in [0.1, 0.15) is 52.9 Å². The first kappa shape index (κ1) is 15.9. The third-order valence-electron chi connectivity index (χ3n) is 4.35. The van der Waals surface area contributed by atoms with E-state index in [-0.39, 0.29) is 16.9 Å². The van der Waals surface area contributed by atoms with Crippen LogP contribution in [-0.2, 0) is 9.22 Å². The molecule has 0 heterocycles. The van der Waals surface area contributed by atoms with E-state index in [0.29, 0.717) is 6.42 Å². The number of aliphatic hydroxyl groups is 1. The van der Waals surface area contributed by atoms with Gasteiger partial charge in [0, 0.05) is 6.42 Å². The van der Waals surface area contributed by atoms with Gasteiger partial charge in [0.2, 0.25) is 0 Å². The third-order valence-corrected chi connectivity index (χ3v) is 8.85. The lowest BCUT2D eigenvalue weighted by molar-refractivity contribution is -0.133. The van der Waals surface area contributed by atoms with Crippen molar-refractivity contribution in [1.82, 2.24) is 0 Å². The van der Waals surface area contributed by atoms with Crippen LogP contribution in [0.4, 0.5) is 0 Å². The molecule has 3 nitrogen and oxygen atoms in total. The number of hydrogen-bond donors (Lipinski definition) is 1. The highest BCUT2D eigenvalue weighted by Gasteiger charge is 2.41. The van der Waals surface area contributed by atoms with Crippen molar-refractivity contribution in [1.29, 1.82) is 0 Å². The number of ketones is 1. The van der Waals surface area contributed by atoms with Crippen molar-refractivity contribution in [3.8, 4) is 0 Å². The van der Waals surface area contributed by atoms with E-state index < -0.39 is 14.4 Å². The normalized spacial score (nSPS) is 27.8. The molecule has 2 atom stereocenters. The van der Waals surface area contributed by atoms with Crippen LogP contribution in [-0.4, -0.2) is 31.4 Å². The Balaban J connectivity index is 2.76. The molecule has 0 spiro atoms. The second-order valence-corrected chi connectivity index (χ2v) is 11.7. The molecule has 0 aromatic rings. The highest BCUT2D eigenvalue weighted by atomic mass is 28.4. The zero-order valence-electron chi connectivity index (χ0n) is 12.5.